The molecule has 0 bridgehead atoms. The van der Waals surface area contributed by atoms with Crippen LogP contribution in [0.15, 0.2) is 12.3 Å². The molecule has 0 aromatic carbocycles. The molecular formula is C12H20N2O8. The Morgan fingerprint density at radius 1 is 1.23 bits per heavy atom. The van der Waals surface area contributed by atoms with Crippen molar-refractivity contribution in [3.63, 3.8) is 0 Å². The standard InChI is InChI=1S/C12H20N2O8/c1-5(15)11-9(19)8(18)10(20)12(22-11)21-3-2-7(17)14-4-6(13)16/h8-12,15,18-20H,1-4H2,(H2,13,16)(H,14,17)/t8-,9-,10+,11+,12+/m0/s1. The summed E-state index contributed by atoms with van der Waals surface area (Å²) in [7, 11) is 0. The summed E-state index contributed by atoms with van der Waals surface area (Å²) in [4.78, 5) is 21.8. The Labute approximate surface area is 126 Å². The van der Waals surface area contributed by atoms with Crippen molar-refractivity contribution in [1.29, 1.82) is 0 Å². The molecule has 0 saturated carbocycles. The van der Waals surface area contributed by atoms with E-state index in [9.17, 15) is 30.0 Å². The van der Waals surface area contributed by atoms with E-state index in [-0.39, 0.29) is 19.6 Å². The van der Waals surface area contributed by atoms with Gasteiger partial charge in [0.25, 0.3) is 0 Å². The first-order valence-electron chi connectivity index (χ1n) is 6.48. The van der Waals surface area contributed by atoms with Crippen LogP contribution in [0.3, 0.4) is 0 Å². The summed E-state index contributed by atoms with van der Waals surface area (Å²) in [6, 6.07) is 0. The molecule has 0 aromatic heterocycles. The predicted octanol–water partition coefficient (Wildman–Crippen LogP) is -3.13. The molecule has 10 heteroatoms. The van der Waals surface area contributed by atoms with E-state index >= 15 is 0 Å². The molecule has 10 nitrogen and oxygen atoms in total. The average molecular weight is 320 g/mol. The molecule has 0 aliphatic carbocycles. The quantitative estimate of drug-likeness (QED) is 0.267. The maximum atomic E-state index is 11.3. The lowest BCUT2D eigenvalue weighted by atomic mass is 9.98. The zero-order valence-electron chi connectivity index (χ0n) is 11.7. The molecule has 2 amide bonds. The maximum Gasteiger partial charge on any atom is 0.236 e. The van der Waals surface area contributed by atoms with Crippen LogP contribution in [0.2, 0.25) is 0 Å². The number of primary amides is 1. The van der Waals surface area contributed by atoms with Gasteiger partial charge in [-0.3, -0.25) is 9.59 Å². The molecule has 7 N–H and O–H groups in total. The summed E-state index contributed by atoms with van der Waals surface area (Å²) in [6.45, 7) is 2.69. The van der Waals surface area contributed by atoms with Crippen molar-refractivity contribution in [3.05, 3.63) is 12.3 Å². The second-order valence-electron chi connectivity index (χ2n) is 4.75. The number of rotatable bonds is 7. The van der Waals surface area contributed by atoms with Crippen LogP contribution >= 0.6 is 0 Å². The lowest BCUT2D eigenvalue weighted by molar-refractivity contribution is -0.293. The van der Waals surface area contributed by atoms with Crippen molar-refractivity contribution in [2.45, 2.75) is 37.1 Å². The summed E-state index contributed by atoms with van der Waals surface area (Å²) in [5, 5.41) is 40.5. The first-order chi connectivity index (χ1) is 10.2. The normalized spacial score (nSPS) is 31.5. The van der Waals surface area contributed by atoms with Crippen LogP contribution in [-0.2, 0) is 19.1 Å². The summed E-state index contributed by atoms with van der Waals surface area (Å²) in [5.74, 6) is -1.74. The van der Waals surface area contributed by atoms with Crippen LogP contribution in [0.25, 0.3) is 0 Å². The first-order valence-corrected chi connectivity index (χ1v) is 6.48. The zero-order valence-corrected chi connectivity index (χ0v) is 11.7. The second kappa shape index (κ2) is 8.06. The van der Waals surface area contributed by atoms with Crippen LogP contribution in [0.4, 0.5) is 0 Å². The molecule has 0 unspecified atom stereocenters. The summed E-state index contributed by atoms with van der Waals surface area (Å²) in [6.07, 6.45) is -7.59. The average Bonchev–Trinajstić information content (AvgIpc) is 2.44. The molecule has 1 rings (SSSR count). The molecule has 0 spiro atoms. The second-order valence-corrected chi connectivity index (χ2v) is 4.75. The van der Waals surface area contributed by atoms with Gasteiger partial charge in [0.2, 0.25) is 11.8 Å². The highest BCUT2D eigenvalue weighted by Crippen LogP contribution is 2.24. The van der Waals surface area contributed by atoms with Crippen molar-refractivity contribution in [2.24, 2.45) is 5.73 Å². The SMILES string of the molecule is C=C(O)[C@H]1O[C@@H](OCCC(=O)NCC(N)=O)[C@H](O)[C@@H](O)[C@@H]1O. The molecule has 22 heavy (non-hydrogen) atoms. The van der Waals surface area contributed by atoms with Crippen LogP contribution in [0.1, 0.15) is 6.42 Å². The molecule has 0 aromatic rings. The smallest absolute Gasteiger partial charge is 0.236 e. The molecule has 1 saturated heterocycles. The Kier molecular flexibility index (Phi) is 6.71. The number of nitrogens with one attached hydrogen (secondary N) is 1. The molecule has 5 atom stereocenters. The number of ether oxygens (including phenoxy) is 2. The van der Waals surface area contributed by atoms with E-state index in [4.69, 9.17) is 15.2 Å². The highest BCUT2D eigenvalue weighted by atomic mass is 16.7. The monoisotopic (exact) mass is 320 g/mol. The Balaban J connectivity index is 2.45. The lowest BCUT2D eigenvalue weighted by Crippen LogP contribution is -2.58. The number of nitrogens with two attached hydrogens (primary N) is 1. The third-order valence-corrected chi connectivity index (χ3v) is 2.97. The van der Waals surface area contributed by atoms with E-state index in [0.717, 1.165) is 0 Å². The van der Waals surface area contributed by atoms with Gasteiger partial charge in [0.05, 0.1) is 19.6 Å². The van der Waals surface area contributed by atoms with Gasteiger partial charge >= 0.3 is 0 Å². The van der Waals surface area contributed by atoms with Crippen molar-refractivity contribution in [3.8, 4) is 0 Å². The number of aliphatic hydroxyl groups excluding tert-OH is 4. The van der Waals surface area contributed by atoms with Crippen molar-refractivity contribution in [1.82, 2.24) is 5.32 Å². The van der Waals surface area contributed by atoms with E-state index in [2.05, 4.69) is 11.9 Å². The number of carbonyl (C=O) groups excluding carboxylic acids is 2. The largest absolute Gasteiger partial charge is 0.510 e. The van der Waals surface area contributed by atoms with E-state index in [1.54, 1.807) is 0 Å². The van der Waals surface area contributed by atoms with Gasteiger partial charge in [0.1, 0.15) is 30.2 Å². The third-order valence-electron chi connectivity index (χ3n) is 2.97. The van der Waals surface area contributed by atoms with Gasteiger partial charge in [-0.1, -0.05) is 6.58 Å². The topological polar surface area (TPSA) is 172 Å². The maximum absolute atomic E-state index is 11.3. The summed E-state index contributed by atoms with van der Waals surface area (Å²) < 4.78 is 10.2. The lowest BCUT2D eigenvalue weighted by Gasteiger charge is -2.39. The van der Waals surface area contributed by atoms with Crippen molar-refractivity contribution in [2.75, 3.05) is 13.2 Å². The Morgan fingerprint density at radius 3 is 2.41 bits per heavy atom. The van der Waals surface area contributed by atoms with Gasteiger partial charge in [0.15, 0.2) is 6.29 Å². The highest BCUT2D eigenvalue weighted by Gasteiger charge is 2.45. The molecule has 1 fully saturated rings. The number of hydrogen-bond acceptors (Lipinski definition) is 8. The van der Waals surface area contributed by atoms with E-state index < -0.39 is 48.3 Å². The molecule has 1 aliphatic rings. The minimum atomic E-state index is -1.61. The number of aliphatic hydroxyl groups is 4. The van der Waals surface area contributed by atoms with E-state index in [1.165, 1.54) is 0 Å². The van der Waals surface area contributed by atoms with Crippen molar-refractivity contribution < 1.29 is 39.5 Å². The number of amides is 2. The Bertz CT molecular complexity index is 429. The van der Waals surface area contributed by atoms with Crippen LogP contribution < -0.4 is 11.1 Å². The fourth-order valence-corrected chi connectivity index (χ4v) is 1.80. The Hall–Kier alpha value is -1.72. The van der Waals surface area contributed by atoms with Crippen molar-refractivity contribution >= 4 is 11.8 Å². The molecule has 1 heterocycles. The fraction of sp³-hybridized carbons (Fsp3) is 0.667. The van der Waals surface area contributed by atoms with Gasteiger partial charge in [-0.2, -0.15) is 0 Å². The van der Waals surface area contributed by atoms with Crippen LogP contribution in [0.5, 0.6) is 0 Å². The molecule has 0 radical (unpaired) electrons. The third kappa shape index (κ3) is 4.93. The van der Waals surface area contributed by atoms with Gasteiger partial charge in [-0.25, -0.2) is 0 Å². The first kappa shape index (κ1) is 18.3. The number of carbonyl (C=O) groups is 2. The minimum absolute atomic E-state index is 0.150. The van der Waals surface area contributed by atoms with Gasteiger partial charge in [-0.15, -0.1) is 0 Å². The number of hydrogen-bond donors (Lipinski definition) is 6. The fourth-order valence-electron chi connectivity index (χ4n) is 1.80. The molecule has 1 aliphatic heterocycles. The Morgan fingerprint density at radius 2 is 1.86 bits per heavy atom. The van der Waals surface area contributed by atoms with Gasteiger partial charge in [-0.05, 0) is 0 Å². The summed E-state index contributed by atoms with van der Waals surface area (Å²) in [5.41, 5.74) is 4.86. The van der Waals surface area contributed by atoms with E-state index in [1.807, 2.05) is 0 Å². The molecule has 126 valence electrons. The van der Waals surface area contributed by atoms with Gasteiger partial charge in [0, 0.05) is 0 Å². The summed E-state index contributed by atoms with van der Waals surface area (Å²) >= 11 is 0. The zero-order chi connectivity index (χ0) is 16.9. The minimum Gasteiger partial charge on any atom is -0.510 e. The molecular weight excluding hydrogens is 300 g/mol. The predicted molar refractivity (Wildman–Crippen MR) is 71.2 cm³/mol. The van der Waals surface area contributed by atoms with Crippen LogP contribution in [0, 0.1) is 0 Å². The van der Waals surface area contributed by atoms with Gasteiger partial charge < -0.3 is 41.0 Å². The van der Waals surface area contributed by atoms with E-state index in [0.29, 0.717) is 0 Å². The van der Waals surface area contributed by atoms with Crippen LogP contribution in [-0.4, -0.2) is 76.1 Å². The highest BCUT2D eigenvalue weighted by molar-refractivity contribution is 5.83.